The van der Waals surface area contributed by atoms with E-state index in [1.165, 1.54) is 12.1 Å². The average Bonchev–Trinajstić information content (AvgIpc) is 2.72. The first-order chi connectivity index (χ1) is 13.6. The summed E-state index contributed by atoms with van der Waals surface area (Å²) < 4.78 is 0. The van der Waals surface area contributed by atoms with Crippen LogP contribution in [0.2, 0.25) is 0 Å². The molecule has 142 valence electrons. The summed E-state index contributed by atoms with van der Waals surface area (Å²) in [5.74, 6) is 0.226. The van der Waals surface area contributed by atoms with Crippen molar-refractivity contribution in [3.63, 3.8) is 0 Å². The zero-order valence-electron chi connectivity index (χ0n) is 14.8. The minimum atomic E-state index is -0.459. The standard InChI is InChI=1S/C20H18N4O4/c25-11-10-22-20(26)15-5-1-4-14(12-15)18-8-3-9-21-19(18)23-16-6-2-7-17(13-16)24(27)28/h1-9,12-13,25H,10-11H2,(H,21,23)(H,22,26). The Labute approximate surface area is 161 Å². The molecule has 8 heteroatoms. The van der Waals surface area contributed by atoms with E-state index in [1.807, 2.05) is 12.1 Å². The number of anilines is 2. The molecule has 0 atom stereocenters. The van der Waals surface area contributed by atoms with Crippen LogP contribution in [0.4, 0.5) is 17.2 Å². The number of hydrogen-bond donors (Lipinski definition) is 3. The van der Waals surface area contributed by atoms with Crippen molar-refractivity contribution in [2.45, 2.75) is 0 Å². The number of nitrogens with zero attached hydrogens (tertiary/aromatic N) is 2. The van der Waals surface area contributed by atoms with Crippen molar-refractivity contribution in [1.82, 2.24) is 10.3 Å². The lowest BCUT2D eigenvalue weighted by Gasteiger charge is -2.12. The number of carbonyl (C=O) groups excluding carboxylic acids is 1. The molecular formula is C20H18N4O4. The van der Waals surface area contributed by atoms with Crippen molar-refractivity contribution < 1.29 is 14.8 Å². The quantitative estimate of drug-likeness (QED) is 0.429. The Hall–Kier alpha value is -3.78. The van der Waals surface area contributed by atoms with Gasteiger partial charge in [0.05, 0.1) is 11.5 Å². The van der Waals surface area contributed by atoms with Crippen LogP contribution in [-0.4, -0.2) is 34.1 Å². The van der Waals surface area contributed by atoms with Crippen molar-refractivity contribution >= 4 is 23.1 Å². The monoisotopic (exact) mass is 378 g/mol. The number of benzene rings is 2. The third kappa shape index (κ3) is 4.49. The van der Waals surface area contributed by atoms with E-state index in [-0.39, 0.29) is 24.7 Å². The Morgan fingerprint density at radius 1 is 1.11 bits per heavy atom. The molecule has 1 aromatic heterocycles. The number of aromatic nitrogens is 1. The number of nitrogens with one attached hydrogen (secondary N) is 2. The lowest BCUT2D eigenvalue weighted by atomic mass is 10.0. The first kappa shape index (κ1) is 19.0. The second kappa shape index (κ2) is 8.74. The lowest BCUT2D eigenvalue weighted by Crippen LogP contribution is -2.26. The third-order valence-electron chi connectivity index (χ3n) is 3.96. The molecule has 0 aliphatic heterocycles. The molecule has 0 fully saturated rings. The van der Waals surface area contributed by atoms with Gasteiger partial charge in [-0.05, 0) is 35.9 Å². The molecule has 0 aliphatic carbocycles. The first-order valence-corrected chi connectivity index (χ1v) is 8.54. The Bertz CT molecular complexity index is 1010. The predicted octanol–water partition coefficient (Wildman–Crippen LogP) is 3.12. The average molecular weight is 378 g/mol. The molecule has 0 spiro atoms. The van der Waals surface area contributed by atoms with Gasteiger partial charge in [-0.1, -0.05) is 18.2 Å². The second-order valence-electron chi connectivity index (χ2n) is 5.89. The summed E-state index contributed by atoms with van der Waals surface area (Å²) in [7, 11) is 0. The van der Waals surface area contributed by atoms with Gasteiger partial charge in [0.25, 0.3) is 11.6 Å². The van der Waals surface area contributed by atoms with Gasteiger partial charge in [-0.2, -0.15) is 0 Å². The highest BCUT2D eigenvalue weighted by atomic mass is 16.6. The topological polar surface area (TPSA) is 117 Å². The Morgan fingerprint density at radius 2 is 1.93 bits per heavy atom. The largest absolute Gasteiger partial charge is 0.395 e. The highest BCUT2D eigenvalue weighted by Crippen LogP contribution is 2.30. The zero-order valence-corrected chi connectivity index (χ0v) is 14.8. The zero-order chi connectivity index (χ0) is 19.9. The van der Waals surface area contributed by atoms with Gasteiger partial charge in [0.15, 0.2) is 0 Å². The van der Waals surface area contributed by atoms with Gasteiger partial charge in [0, 0.05) is 41.7 Å². The number of rotatable bonds is 7. The number of nitro groups is 1. The first-order valence-electron chi connectivity index (χ1n) is 8.54. The molecule has 0 aliphatic rings. The Morgan fingerprint density at radius 3 is 2.71 bits per heavy atom. The third-order valence-corrected chi connectivity index (χ3v) is 3.96. The van der Waals surface area contributed by atoms with Crippen molar-refractivity contribution in [3.05, 3.63) is 82.5 Å². The second-order valence-corrected chi connectivity index (χ2v) is 5.89. The number of aliphatic hydroxyl groups excluding tert-OH is 1. The normalized spacial score (nSPS) is 10.3. The van der Waals surface area contributed by atoms with Crippen molar-refractivity contribution in [1.29, 1.82) is 0 Å². The maximum atomic E-state index is 12.1. The smallest absolute Gasteiger partial charge is 0.271 e. The molecule has 0 saturated carbocycles. The van der Waals surface area contributed by atoms with Crippen LogP contribution < -0.4 is 10.6 Å². The Balaban J connectivity index is 1.92. The SMILES string of the molecule is O=C(NCCO)c1cccc(-c2cccnc2Nc2cccc([N+](=O)[O-])c2)c1. The molecule has 0 unspecified atom stereocenters. The summed E-state index contributed by atoms with van der Waals surface area (Å²) in [6.45, 7) is 0.0425. The molecule has 0 bridgehead atoms. The van der Waals surface area contributed by atoms with Gasteiger partial charge in [-0.25, -0.2) is 4.98 Å². The van der Waals surface area contributed by atoms with Gasteiger partial charge < -0.3 is 15.7 Å². The van der Waals surface area contributed by atoms with E-state index in [0.717, 1.165) is 11.1 Å². The molecular weight excluding hydrogens is 360 g/mol. The number of carbonyl (C=O) groups is 1. The minimum absolute atomic E-state index is 0.0231. The molecule has 2 aromatic carbocycles. The maximum Gasteiger partial charge on any atom is 0.271 e. The fourth-order valence-electron chi connectivity index (χ4n) is 2.67. The highest BCUT2D eigenvalue weighted by molar-refractivity contribution is 5.96. The summed E-state index contributed by atoms with van der Waals surface area (Å²) in [6.07, 6.45) is 1.61. The summed E-state index contributed by atoms with van der Waals surface area (Å²) in [6, 6.07) is 16.8. The fourth-order valence-corrected chi connectivity index (χ4v) is 2.67. The van der Waals surface area contributed by atoms with Crippen LogP contribution in [0.25, 0.3) is 11.1 Å². The van der Waals surface area contributed by atoms with Gasteiger partial charge in [-0.15, -0.1) is 0 Å². The van der Waals surface area contributed by atoms with Crippen LogP contribution in [0, 0.1) is 10.1 Å². The fraction of sp³-hybridized carbons (Fsp3) is 0.100. The van der Waals surface area contributed by atoms with Crippen molar-refractivity contribution in [3.8, 4) is 11.1 Å². The van der Waals surface area contributed by atoms with E-state index < -0.39 is 4.92 Å². The predicted molar refractivity (Wildman–Crippen MR) is 105 cm³/mol. The van der Waals surface area contributed by atoms with Gasteiger partial charge in [0.1, 0.15) is 5.82 Å². The molecule has 8 nitrogen and oxygen atoms in total. The van der Waals surface area contributed by atoms with Gasteiger partial charge in [0.2, 0.25) is 0 Å². The molecule has 3 aromatic rings. The minimum Gasteiger partial charge on any atom is -0.395 e. The van der Waals surface area contributed by atoms with Gasteiger partial charge in [-0.3, -0.25) is 14.9 Å². The molecule has 1 amide bonds. The number of nitro benzene ring substituents is 1. The number of pyridine rings is 1. The van der Waals surface area contributed by atoms with Crippen LogP contribution in [-0.2, 0) is 0 Å². The molecule has 28 heavy (non-hydrogen) atoms. The van der Waals surface area contributed by atoms with E-state index in [4.69, 9.17) is 5.11 Å². The van der Waals surface area contributed by atoms with E-state index in [0.29, 0.717) is 17.1 Å². The van der Waals surface area contributed by atoms with E-state index in [2.05, 4.69) is 15.6 Å². The molecule has 1 heterocycles. The number of amides is 1. The highest BCUT2D eigenvalue weighted by Gasteiger charge is 2.12. The van der Waals surface area contributed by atoms with Crippen LogP contribution >= 0.6 is 0 Å². The number of aliphatic hydroxyl groups is 1. The van der Waals surface area contributed by atoms with E-state index >= 15 is 0 Å². The molecule has 3 N–H and O–H groups in total. The number of non-ortho nitro benzene ring substituents is 1. The molecule has 0 saturated heterocycles. The molecule has 3 rings (SSSR count). The van der Waals surface area contributed by atoms with Crippen molar-refractivity contribution in [2.24, 2.45) is 0 Å². The summed E-state index contributed by atoms with van der Waals surface area (Å²) in [5.41, 5.74) is 2.47. The van der Waals surface area contributed by atoms with Crippen molar-refractivity contribution in [2.75, 3.05) is 18.5 Å². The maximum absolute atomic E-state index is 12.1. The summed E-state index contributed by atoms with van der Waals surface area (Å²) in [4.78, 5) is 27.0. The lowest BCUT2D eigenvalue weighted by molar-refractivity contribution is -0.384. The molecule has 0 radical (unpaired) electrons. The van der Waals surface area contributed by atoms with Crippen LogP contribution in [0.1, 0.15) is 10.4 Å². The van der Waals surface area contributed by atoms with E-state index in [1.54, 1.807) is 42.6 Å². The van der Waals surface area contributed by atoms with Gasteiger partial charge >= 0.3 is 0 Å². The summed E-state index contributed by atoms with van der Waals surface area (Å²) in [5, 5.41) is 25.5. The van der Waals surface area contributed by atoms with Crippen LogP contribution in [0.3, 0.4) is 0 Å². The summed E-state index contributed by atoms with van der Waals surface area (Å²) >= 11 is 0. The Kier molecular flexibility index (Phi) is 5.93. The van der Waals surface area contributed by atoms with E-state index in [9.17, 15) is 14.9 Å². The number of hydrogen-bond acceptors (Lipinski definition) is 6. The van der Waals surface area contributed by atoms with Crippen LogP contribution in [0.5, 0.6) is 0 Å². The van der Waals surface area contributed by atoms with Crippen LogP contribution in [0.15, 0.2) is 66.9 Å².